The molecule has 0 bridgehead atoms. The molecule has 0 unspecified atom stereocenters. The summed E-state index contributed by atoms with van der Waals surface area (Å²) in [5.74, 6) is -0.420. The summed E-state index contributed by atoms with van der Waals surface area (Å²) in [5.41, 5.74) is 0.979. The van der Waals surface area contributed by atoms with Gasteiger partial charge >= 0.3 is 11.9 Å². The maximum Gasteiger partial charge on any atom is 0.323 e. The van der Waals surface area contributed by atoms with Crippen molar-refractivity contribution in [3.05, 3.63) is 35.9 Å². The number of carbonyl (C=O) groups excluding carboxylic acids is 2. The second kappa shape index (κ2) is 8.54. The van der Waals surface area contributed by atoms with Gasteiger partial charge in [0.05, 0.1) is 13.0 Å². The fourth-order valence-electron chi connectivity index (χ4n) is 2.65. The summed E-state index contributed by atoms with van der Waals surface area (Å²) in [4.78, 5) is 25.7. The van der Waals surface area contributed by atoms with Gasteiger partial charge in [0.15, 0.2) is 0 Å². The van der Waals surface area contributed by atoms with E-state index in [-0.39, 0.29) is 18.0 Å². The minimum absolute atomic E-state index is 0.204. The second-order valence-electron chi connectivity index (χ2n) is 5.34. The van der Waals surface area contributed by atoms with E-state index < -0.39 is 0 Å². The molecule has 0 saturated carbocycles. The van der Waals surface area contributed by atoms with Crippen molar-refractivity contribution in [2.45, 2.75) is 38.8 Å². The zero-order valence-corrected chi connectivity index (χ0v) is 13.0. The summed E-state index contributed by atoms with van der Waals surface area (Å²) in [7, 11) is 0. The highest BCUT2D eigenvalue weighted by atomic mass is 16.5. The van der Waals surface area contributed by atoms with Gasteiger partial charge in [-0.25, -0.2) is 0 Å². The monoisotopic (exact) mass is 305 g/mol. The first-order chi connectivity index (χ1) is 10.7. The molecule has 0 amide bonds. The van der Waals surface area contributed by atoms with E-state index in [1.54, 1.807) is 6.92 Å². The maximum atomic E-state index is 12.2. The Morgan fingerprint density at radius 2 is 2.00 bits per heavy atom. The third-order valence-electron chi connectivity index (χ3n) is 3.77. The van der Waals surface area contributed by atoms with Gasteiger partial charge in [-0.1, -0.05) is 30.3 Å². The van der Waals surface area contributed by atoms with Crippen LogP contribution in [-0.4, -0.2) is 42.6 Å². The zero-order valence-electron chi connectivity index (χ0n) is 13.0. The molecule has 1 heterocycles. The molecular weight excluding hydrogens is 282 g/mol. The third-order valence-corrected chi connectivity index (χ3v) is 3.77. The number of likely N-dealkylation sites (tertiary alicyclic amines) is 1. The number of rotatable bonds is 7. The average molecular weight is 305 g/mol. The summed E-state index contributed by atoms with van der Waals surface area (Å²) >= 11 is 0. The van der Waals surface area contributed by atoms with Gasteiger partial charge in [-0.2, -0.15) is 0 Å². The first kappa shape index (κ1) is 16.5. The zero-order chi connectivity index (χ0) is 15.8. The Morgan fingerprint density at radius 1 is 1.23 bits per heavy atom. The lowest BCUT2D eigenvalue weighted by atomic mass is 10.2. The molecule has 1 aromatic carbocycles. The number of ether oxygens (including phenoxy) is 2. The first-order valence-corrected chi connectivity index (χ1v) is 7.81. The van der Waals surface area contributed by atoms with Crippen LogP contribution in [0.4, 0.5) is 0 Å². The van der Waals surface area contributed by atoms with Gasteiger partial charge in [0, 0.05) is 6.54 Å². The van der Waals surface area contributed by atoms with Gasteiger partial charge in [-0.15, -0.1) is 0 Å². The van der Waals surface area contributed by atoms with Crippen molar-refractivity contribution in [1.29, 1.82) is 0 Å². The molecule has 120 valence electrons. The Morgan fingerprint density at radius 3 is 2.73 bits per heavy atom. The van der Waals surface area contributed by atoms with Crippen LogP contribution in [0.5, 0.6) is 0 Å². The Balaban J connectivity index is 1.79. The number of nitrogens with zero attached hydrogens (tertiary/aromatic N) is 1. The largest absolute Gasteiger partial charge is 0.466 e. The van der Waals surface area contributed by atoms with Crippen LogP contribution in [-0.2, 0) is 25.7 Å². The number of esters is 2. The van der Waals surface area contributed by atoms with E-state index in [0.717, 1.165) is 24.9 Å². The molecule has 2 rings (SSSR count). The Hall–Kier alpha value is -1.88. The van der Waals surface area contributed by atoms with Crippen LogP contribution in [0, 0.1) is 0 Å². The smallest absolute Gasteiger partial charge is 0.323 e. The molecule has 5 heteroatoms. The lowest BCUT2D eigenvalue weighted by molar-refractivity contribution is -0.151. The fourth-order valence-corrected chi connectivity index (χ4v) is 2.65. The molecule has 1 atom stereocenters. The highest BCUT2D eigenvalue weighted by molar-refractivity contribution is 5.76. The standard InChI is InChI=1S/C17H23NO4/c1-2-21-16(19)10-12-18-11-6-9-15(18)17(20)22-13-14-7-4-3-5-8-14/h3-5,7-8,15H,2,6,9-13H2,1H3/t15-/m0/s1. The Kier molecular flexibility index (Phi) is 6.40. The van der Waals surface area contributed by atoms with Crippen molar-refractivity contribution in [3.8, 4) is 0 Å². The molecule has 1 aliphatic heterocycles. The van der Waals surface area contributed by atoms with Crippen molar-refractivity contribution in [2.75, 3.05) is 19.7 Å². The lowest BCUT2D eigenvalue weighted by Crippen LogP contribution is -2.38. The predicted octanol–water partition coefficient (Wildman–Crippen LogP) is 2.15. The maximum absolute atomic E-state index is 12.2. The van der Waals surface area contributed by atoms with Crippen LogP contribution in [0.15, 0.2) is 30.3 Å². The van der Waals surface area contributed by atoms with E-state index in [1.165, 1.54) is 0 Å². The normalized spacial score (nSPS) is 18.1. The van der Waals surface area contributed by atoms with Gasteiger partial charge in [-0.05, 0) is 31.9 Å². The summed E-state index contributed by atoms with van der Waals surface area (Å²) in [5, 5.41) is 0. The van der Waals surface area contributed by atoms with Crippen molar-refractivity contribution >= 4 is 11.9 Å². The lowest BCUT2D eigenvalue weighted by Gasteiger charge is -2.22. The molecule has 0 aliphatic carbocycles. The van der Waals surface area contributed by atoms with Crippen molar-refractivity contribution in [2.24, 2.45) is 0 Å². The van der Waals surface area contributed by atoms with Crippen LogP contribution in [0.25, 0.3) is 0 Å². The summed E-state index contributed by atoms with van der Waals surface area (Å²) in [6.45, 7) is 3.84. The van der Waals surface area contributed by atoms with Crippen molar-refractivity contribution in [3.63, 3.8) is 0 Å². The summed E-state index contributed by atoms with van der Waals surface area (Å²) < 4.78 is 10.3. The highest BCUT2D eigenvalue weighted by Crippen LogP contribution is 2.19. The van der Waals surface area contributed by atoms with Crippen LogP contribution >= 0.6 is 0 Å². The van der Waals surface area contributed by atoms with Crippen LogP contribution < -0.4 is 0 Å². The van der Waals surface area contributed by atoms with E-state index in [2.05, 4.69) is 0 Å². The number of hydrogen-bond acceptors (Lipinski definition) is 5. The minimum atomic E-state index is -0.238. The van der Waals surface area contributed by atoms with Gasteiger partial charge in [-0.3, -0.25) is 14.5 Å². The highest BCUT2D eigenvalue weighted by Gasteiger charge is 2.32. The van der Waals surface area contributed by atoms with E-state index in [4.69, 9.17) is 9.47 Å². The first-order valence-electron chi connectivity index (χ1n) is 7.81. The van der Waals surface area contributed by atoms with Crippen LogP contribution in [0.3, 0.4) is 0 Å². The van der Waals surface area contributed by atoms with Gasteiger partial charge in [0.1, 0.15) is 12.6 Å². The molecule has 1 aromatic rings. The Bertz CT molecular complexity index is 489. The molecule has 0 spiro atoms. The van der Waals surface area contributed by atoms with Gasteiger partial charge < -0.3 is 9.47 Å². The minimum Gasteiger partial charge on any atom is -0.466 e. The quantitative estimate of drug-likeness (QED) is 0.723. The predicted molar refractivity (Wildman–Crippen MR) is 82.1 cm³/mol. The average Bonchev–Trinajstić information content (AvgIpc) is 3.00. The van der Waals surface area contributed by atoms with E-state index in [9.17, 15) is 9.59 Å². The summed E-state index contributed by atoms with van der Waals surface area (Å²) in [6, 6.07) is 9.40. The molecule has 5 nitrogen and oxygen atoms in total. The second-order valence-corrected chi connectivity index (χ2v) is 5.34. The third kappa shape index (κ3) is 4.84. The molecule has 0 radical (unpaired) electrons. The Labute approximate surface area is 131 Å². The molecule has 1 aliphatic rings. The topological polar surface area (TPSA) is 55.8 Å². The number of benzene rings is 1. The van der Waals surface area contributed by atoms with E-state index in [1.807, 2.05) is 35.2 Å². The molecule has 0 N–H and O–H groups in total. The van der Waals surface area contributed by atoms with Gasteiger partial charge in [0.2, 0.25) is 0 Å². The van der Waals surface area contributed by atoms with Crippen molar-refractivity contribution < 1.29 is 19.1 Å². The molecule has 0 aromatic heterocycles. The van der Waals surface area contributed by atoms with E-state index in [0.29, 0.717) is 26.2 Å². The fraction of sp³-hybridized carbons (Fsp3) is 0.529. The molecular formula is C17H23NO4. The van der Waals surface area contributed by atoms with Crippen molar-refractivity contribution in [1.82, 2.24) is 4.90 Å². The van der Waals surface area contributed by atoms with Gasteiger partial charge in [0.25, 0.3) is 0 Å². The number of carbonyl (C=O) groups is 2. The molecule has 1 saturated heterocycles. The van der Waals surface area contributed by atoms with Crippen LogP contribution in [0.2, 0.25) is 0 Å². The summed E-state index contributed by atoms with van der Waals surface area (Å²) in [6.07, 6.45) is 2.06. The van der Waals surface area contributed by atoms with Crippen LogP contribution in [0.1, 0.15) is 31.7 Å². The van der Waals surface area contributed by atoms with E-state index >= 15 is 0 Å². The molecule has 22 heavy (non-hydrogen) atoms. The number of hydrogen-bond donors (Lipinski definition) is 0. The SMILES string of the molecule is CCOC(=O)CCN1CCC[C@H]1C(=O)OCc1ccccc1. The molecule has 1 fully saturated rings.